The van der Waals surface area contributed by atoms with Crippen molar-refractivity contribution in [3.63, 3.8) is 0 Å². The maximum atomic E-state index is 4.31. The standard InChI is InChI=1S/C46H38N2P2.4BrH.Ru/c47-31-33-22-26-41-36(29-33)25-28-43(49(37-13-5-1-6-14-37)38-15-7-2-8-16-38)45(41)46-42-30-34(32-48)21-23-35(42)24-27-44(46)50(39-17-9-3-10-18-39)40-19-11-4-12-20-40;;;;;/h1-30H,31-32,47-48H2;4*1H;/q;;;;;+2/p-2. The van der Waals surface area contributed by atoms with Gasteiger partial charge < -0.3 is 45.4 Å². The summed E-state index contributed by atoms with van der Waals surface area (Å²) in [5.41, 5.74) is 13.7. The van der Waals surface area contributed by atoms with Crippen LogP contribution in [0, 0.1) is 0 Å². The summed E-state index contributed by atoms with van der Waals surface area (Å²) in [5, 5.41) is 13.2. The summed E-state index contributed by atoms with van der Waals surface area (Å²) < 4.78 is 0. The molecule has 0 saturated carbocycles. The summed E-state index contributed by atoms with van der Waals surface area (Å²) in [6.45, 7) is 1.50. The summed E-state index contributed by atoms with van der Waals surface area (Å²) >= 11 is 6.64. The molecule has 0 bridgehead atoms. The largest absolute Gasteiger partial charge is 0.354 e. The van der Waals surface area contributed by atoms with Gasteiger partial charge in [0.2, 0.25) is 0 Å². The van der Waals surface area contributed by atoms with Gasteiger partial charge in [-0.1, -0.05) is 170 Å². The second kappa shape index (κ2) is 21.4. The minimum absolute atomic E-state index is 0. The Labute approximate surface area is 368 Å². The molecule has 0 heterocycles. The van der Waals surface area contributed by atoms with Crippen molar-refractivity contribution < 1.29 is 58.6 Å². The molecule has 55 heavy (non-hydrogen) atoms. The number of hydrogen-bond donors (Lipinski definition) is 2. The molecule has 8 rings (SSSR count). The van der Waals surface area contributed by atoms with Crippen LogP contribution in [0.25, 0.3) is 32.7 Å². The molecule has 280 valence electrons. The summed E-state index contributed by atoms with van der Waals surface area (Å²) in [4.78, 5) is 0. The first kappa shape index (κ1) is 43.7. The van der Waals surface area contributed by atoms with Crippen molar-refractivity contribution in [3.8, 4) is 11.1 Å². The van der Waals surface area contributed by atoms with Gasteiger partial charge in [-0.25, -0.2) is 0 Å². The third-order valence-electron chi connectivity index (χ3n) is 9.49. The topological polar surface area (TPSA) is 55.3 Å². The number of benzene rings is 8. The van der Waals surface area contributed by atoms with E-state index in [9.17, 15) is 0 Å². The molecule has 0 amide bonds. The van der Waals surface area contributed by atoms with Gasteiger partial charge in [0.1, 0.15) is 0 Å². The fourth-order valence-corrected chi connectivity index (χ4v) is 12.0. The Morgan fingerprint density at radius 3 is 1.16 bits per heavy atom. The number of hydrogen-bond acceptors (Lipinski definition) is 0. The van der Waals surface area contributed by atoms with Gasteiger partial charge in [0, 0.05) is 11.1 Å². The number of quaternary nitrogens is 2. The monoisotopic (exact) mass is 1100 g/mol. The molecular weight excluding hydrogens is 1060 g/mol. The summed E-state index contributed by atoms with van der Waals surface area (Å²) in [7, 11) is -1.80. The fraction of sp³-hybridized carbons (Fsp3) is 0.0435. The zero-order valence-corrected chi connectivity index (χ0v) is 39.8. The second-order valence-corrected chi connectivity index (χ2v) is 25.0. The molecule has 0 aliphatic heterocycles. The molecule has 8 aromatic carbocycles. The van der Waals surface area contributed by atoms with Crippen LogP contribution in [-0.2, 0) is 26.3 Å². The van der Waals surface area contributed by atoms with Crippen LogP contribution in [0.1, 0.15) is 11.1 Å². The maximum absolute atomic E-state index is 4.31. The predicted molar refractivity (Wildman–Crippen MR) is 235 cm³/mol. The van der Waals surface area contributed by atoms with E-state index < -0.39 is 15.8 Å². The molecule has 0 aliphatic rings. The Kier molecular flexibility index (Phi) is 17.0. The third kappa shape index (κ3) is 9.84. The van der Waals surface area contributed by atoms with Crippen molar-refractivity contribution in [2.24, 2.45) is 0 Å². The molecule has 0 aromatic heterocycles. The van der Waals surface area contributed by atoms with Gasteiger partial charge in [-0.15, -0.1) is 0 Å². The molecule has 0 aliphatic carbocycles. The molecule has 0 radical (unpaired) electrons. The minimum atomic E-state index is -0.901. The van der Waals surface area contributed by atoms with Crippen LogP contribution in [0.2, 0.25) is 0 Å². The van der Waals surface area contributed by atoms with Gasteiger partial charge in [0.05, 0.1) is 13.1 Å². The fourth-order valence-electron chi connectivity index (χ4n) is 7.09. The molecule has 2 nitrogen and oxygen atoms in total. The minimum Gasteiger partial charge on any atom is -0.354 e. The Hall–Kier alpha value is -2.40. The van der Waals surface area contributed by atoms with Crippen LogP contribution in [0.4, 0.5) is 0 Å². The van der Waals surface area contributed by atoms with E-state index in [0.29, 0.717) is 13.2 Å². The summed E-state index contributed by atoms with van der Waals surface area (Å²) in [6.07, 6.45) is 0. The van der Waals surface area contributed by atoms with Crippen LogP contribution in [0.15, 0.2) is 182 Å². The zero-order chi connectivity index (χ0) is 36.6. The maximum Gasteiger partial charge on any atom is 0.0997 e. The molecular formula is C46H40Br4N2P2Ru. The van der Waals surface area contributed by atoms with Gasteiger partial charge in [-0.3, -0.25) is 0 Å². The van der Waals surface area contributed by atoms with E-state index in [1.165, 1.54) is 75.6 Å². The number of halogens is 4. The first-order valence-electron chi connectivity index (χ1n) is 17.5. The number of fused-ring (bicyclic) bond motifs is 2. The quantitative estimate of drug-likeness (QED) is 0.165. The van der Waals surface area contributed by atoms with E-state index in [1.54, 1.807) is 0 Å². The van der Waals surface area contributed by atoms with Crippen LogP contribution in [0.3, 0.4) is 0 Å². The van der Waals surface area contributed by atoms with Crippen molar-refractivity contribution in [3.05, 3.63) is 193 Å². The normalized spacial score (nSPS) is 10.9. The molecule has 0 fully saturated rings. The Morgan fingerprint density at radius 1 is 0.400 bits per heavy atom. The summed E-state index contributed by atoms with van der Waals surface area (Å²) in [6, 6.07) is 67.9. The van der Waals surface area contributed by atoms with E-state index in [4.69, 9.17) is 0 Å². The van der Waals surface area contributed by atoms with E-state index in [1.807, 2.05) is 0 Å². The van der Waals surface area contributed by atoms with Gasteiger partial charge in [-0.2, -0.15) is 0 Å². The third-order valence-corrected chi connectivity index (χ3v) is 14.5. The second-order valence-electron chi connectivity index (χ2n) is 12.6. The van der Waals surface area contributed by atoms with Gasteiger partial charge in [0.15, 0.2) is 0 Å². The molecule has 0 unspecified atom stereocenters. The predicted octanol–water partition coefficient (Wildman–Crippen LogP) is 2.36. The Bertz CT molecular complexity index is 2360. The van der Waals surface area contributed by atoms with Crippen LogP contribution >= 0.6 is 43.1 Å². The zero-order valence-electron chi connectivity index (χ0n) is 29.9. The van der Waals surface area contributed by atoms with E-state index >= 15 is 0 Å². The van der Waals surface area contributed by atoms with Crippen molar-refractivity contribution in [1.82, 2.24) is 0 Å². The Morgan fingerprint density at radius 2 is 0.745 bits per heavy atom. The smallest absolute Gasteiger partial charge is 0.0997 e. The van der Waals surface area contributed by atoms with Gasteiger partial charge >= 0.3 is 40.5 Å². The first-order chi connectivity index (χ1) is 26.1. The van der Waals surface area contributed by atoms with E-state index in [-0.39, 0.29) is 34.0 Å². The SMILES string of the molecule is [Br-].[Br-].[Br][Ru][Br].[NH3+]Cc1ccc2c(-c3c(P(c4ccccc4)c4ccccc4)ccc4ccc(C[NH3+])cc34)c(P(c3ccccc3)c3ccccc3)ccc2c1. The van der Waals surface area contributed by atoms with Crippen molar-refractivity contribution in [1.29, 1.82) is 0 Å². The van der Waals surface area contributed by atoms with Gasteiger partial charge in [-0.05, 0) is 92.5 Å². The van der Waals surface area contributed by atoms with E-state index in [0.717, 1.165) is 13.1 Å². The molecule has 0 spiro atoms. The molecule has 9 heteroatoms. The number of rotatable bonds is 9. The molecule has 0 saturated heterocycles. The van der Waals surface area contributed by atoms with Crippen LogP contribution < -0.4 is 77.3 Å². The summed E-state index contributed by atoms with van der Waals surface area (Å²) in [5.74, 6) is 0. The molecule has 8 aromatic rings. The van der Waals surface area contributed by atoms with Crippen LogP contribution in [0.5, 0.6) is 0 Å². The van der Waals surface area contributed by atoms with E-state index in [2.05, 4.69) is 221 Å². The van der Waals surface area contributed by atoms with Crippen LogP contribution in [-0.4, -0.2) is 0 Å². The average molecular weight is 1100 g/mol. The van der Waals surface area contributed by atoms with Crippen molar-refractivity contribution in [2.45, 2.75) is 13.1 Å². The Balaban J connectivity index is 0.00000112. The first-order valence-corrected chi connectivity index (χ1v) is 28.1. The van der Waals surface area contributed by atoms with Gasteiger partial charge in [0.25, 0.3) is 0 Å². The van der Waals surface area contributed by atoms with Crippen molar-refractivity contribution in [2.75, 3.05) is 0 Å². The molecule has 0 atom stereocenters. The van der Waals surface area contributed by atoms with Crippen molar-refractivity contribution >= 4 is 96.5 Å². The molecule has 6 N–H and O–H groups in total. The average Bonchev–Trinajstić information content (AvgIpc) is 3.22.